The standard InChI is InChI=1S/C10H20N2/c1-8-3-4-12(7-8)10-6-11-5-9(10)2/h8-11H,3-7H2,1-2H3. The molecule has 0 spiro atoms. The van der Waals surface area contributed by atoms with E-state index in [0.29, 0.717) is 0 Å². The summed E-state index contributed by atoms with van der Waals surface area (Å²) in [7, 11) is 0. The molecule has 3 atom stereocenters. The van der Waals surface area contributed by atoms with Gasteiger partial charge in [-0.25, -0.2) is 0 Å². The molecule has 2 rings (SSSR count). The number of hydrogen-bond donors (Lipinski definition) is 1. The summed E-state index contributed by atoms with van der Waals surface area (Å²) < 4.78 is 0. The molecule has 0 radical (unpaired) electrons. The summed E-state index contributed by atoms with van der Waals surface area (Å²) in [5, 5.41) is 3.47. The van der Waals surface area contributed by atoms with Gasteiger partial charge >= 0.3 is 0 Å². The molecule has 0 amide bonds. The number of rotatable bonds is 1. The highest BCUT2D eigenvalue weighted by atomic mass is 15.2. The normalized spacial score (nSPS) is 44.0. The molecule has 3 unspecified atom stereocenters. The van der Waals surface area contributed by atoms with Crippen LogP contribution in [-0.2, 0) is 0 Å². The van der Waals surface area contributed by atoms with Gasteiger partial charge in [0.25, 0.3) is 0 Å². The van der Waals surface area contributed by atoms with Gasteiger partial charge < -0.3 is 5.32 Å². The van der Waals surface area contributed by atoms with E-state index in [0.717, 1.165) is 17.9 Å². The molecule has 1 N–H and O–H groups in total. The Bertz CT molecular complexity index is 158. The summed E-state index contributed by atoms with van der Waals surface area (Å²) >= 11 is 0. The summed E-state index contributed by atoms with van der Waals surface area (Å²) in [4.78, 5) is 2.68. The quantitative estimate of drug-likeness (QED) is 0.627. The van der Waals surface area contributed by atoms with Crippen LogP contribution in [0.3, 0.4) is 0 Å². The molecular formula is C10H20N2. The van der Waals surface area contributed by atoms with E-state index in [-0.39, 0.29) is 0 Å². The van der Waals surface area contributed by atoms with Crippen molar-refractivity contribution in [1.82, 2.24) is 10.2 Å². The second-order valence-corrected chi connectivity index (χ2v) is 4.59. The Balaban J connectivity index is 1.91. The lowest BCUT2D eigenvalue weighted by Crippen LogP contribution is -2.38. The third-order valence-corrected chi connectivity index (χ3v) is 3.40. The van der Waals surface area contributed by atoms with Crippen molar-refractivity contribution in [3.63, 3.8) is 0 Å². The molecular weight excluding hydrogens is 148 g/mol. The van der Waals surface area contributed by atoms with Gasteiger partial charge in [-0.3, -0.25) is 4.90 Å². The minimum atomic E-state index is 0.829. The Morgan fingerprint density at radius 1 is 1.25 bits per heavy atom. The summed E-state index contributed by atoms with van der Waals surface area (Å²) in [6.07, 6.45) is 1.41. The van der Waals surface area contributed by atoms with E-state index in [9.17, 15) is 0 Å². The molecule has 2 aliphatic heterocycles. The van der Waals surface area contributed by atoms with Crippen molar-refractivity contribution in [2.24, 2.45) is 11.8 Å². The van der Waals surface area contributed by atoms with Crippen molar-refractivity contribution in [1.29, 1.82) is 0 Å². The highest BCUT2D eigenvalue weighted by Gasteiger charge is 2.32. The van der Waals surface area contributed by atoms with Gasteiger partial charge in [0.1, 0.15) is 0 Å². The Labute approximate surface area is 75.3 Å². The number of hydrogen-bond acceptors (Lipinski definition) is 2. The third kappa shape index (κ3) is 1.50. The summed E-state index contributed by atoms with van der Waals surface area (Å²) in [6.45, 7) is 9.83. The maximum atomic E-state index is 3.47. The zero-order valence-corrected chi connectivity index (χ0v) is 8.21. The fourth-order valence-electron chi connectivity index (χ4n) is 2.56. The van der Waals surface area contributed by atoms with E-state index >= 15 is 0 Å². The fourth-order valence-corrected chi connectivity index (χ4v) is 2.56. The third-order valence-electron chi connectivity index (χ3n) is 3.40. The predicted molar refractivity (Wildman–Crippen MR) is 51.2 cm³/mol. The highest BCUT2D eigenvalue weighted by Crippen LogP contribution is 2.23. The molecule has 70 valence electrons. The van der Waals surface area contributed by atoms with Crippen LogP contribution in [0.25, 0.3) is 0 Å². The van der Waals surface area contributed by atoms with Crippen LogP contribution in [0.1, 0.15) is 20.3 Å². The highest BCUT2D eigenvalue weighted by molar-refractivity contribution is 4.89. The van der Waals surface area contributed by atoms with Crippen LogP contribution in [-0.4, -0.2) is 37.1 Å². The molecule has 0 aliphatic carbocycles. The summed E-state index contributed by atoms with van der Waals surface area (Å²) in [5.74, 6) is 1.79. The average Bonchev–Trinajstić information content (AvgIpc) is 2.58. The Hall–Kier alpha value is -0.0800. The van der Waals surface area contributed by atoms with E-state index in [1.54, 1.807) is 0 Å². The van der Waals surface area contributed by atoms with E-state index in [1.165, 1.54) is 32.6 Å². The molecule has 2 saturated heterocycles. The van der Waals surface area contributed by atoms with Crippen molar-refractivity contribution in [3.05, 3.63) is 0 Å². The fraction of sp³-hybridized carbons (Fsp3) is 1.00. The maximum Gasteiger partial charge on any atom is 0.0258 e. The topological polar surface area (TPSA) is 15.3 Å². The summed E-state index contributed by atoms with van der Waals surface area (Å²) in [6, 6.07) is 0.829. The van der Waals surface area contributed by atoms with Gasteiger partial charge in [0.2, 0.25) is 0 Å². The van der Waals surface area contributed by atoms with Crippen LogP contribution in [0, 0.1) is 11.8 Å². The van der Waals surface area contributed by atoms with Crippen molar-refractivity contribution >= 4 is 0 Å². The van der Waals surface area contributed by atoms with Gasteiger partial charge in [0.15, 0.2) is 0 Å². The lowest BCUT2D eigenvalue weighted by atomic mass is 10.1. The zero-order chi connectivity index (χ0) is 8.55. The van der Waals surface area contributed by atoms with Crippen molar-refractivity contribution in [2.45, 2.75) is 26.3 Å². The van der Waals surface area contributed by atoms with Gasteiger partial charge in [-0.2, -0.15) is 0 Å². The first-order valence-corrected chi connectivity index (χ1v) is 5.22. The smallest absolute Gasteiger partial charge is 0.0258 e. The molecule has 2 fully saturated rings. The van der Waals surface area contributed by atoms with Gasteiger partial charge in [-0.15, -0.1) is 0 Å². The Morgan fingerprint density at radius 3 is 2.58 bits per heavy atom. The predicted octanol–water partition coefficient (Wildman–Crippen LogP) is 0.936. The van der Waals surface area contributed by atoms with Crippen LogP contribution in [0.4, 0.5) is 0 Å². The number of nitrogens with zero attached hydrogens (tertiary/aromatic N) is 1. The van der Waals surface area contributed by atoms with Gasteiger partial charge in [0, 0.05) is 19.1 Å². The molecule has 0 aromatic heterocycles. The lowest BCUT2D eigenvalue weighted by Gasteiger charge is -2.26. The Kier molecular flexibility index (Phi) is 2.37. The molecule has 2 heterocycles. The Morgan fingerprint density at radius 2 is 2.08 bits per heavy atom. The average molecular weight is 168 g/mol. The van der Waals surface area contributed by atoms with E-state index in [1.807, 2.05) is 0 Å². The van der Waals surface area contributed by atoms with E-state index in [2.05, 4.69) is 24.1 Å². The molecule has 0 bridgehead atoms. The molecule has 0 aromatic carbocycles. The second-order valence-electron chi connectivity index (χ2n) is 4.59. The zero-order valence-electron chi connectivity index (χ0n) is 8.21. The van der Waals surface area contributed by atoms with Gasteiger partial charge in [-0.1, -0.05) is 13.8 Å². The molecule has 2 aliphatic rings. The monoisotopic (exact) mass is 168 g/mol. The molecule has 0 saturated carbocycles. The first-order valence-electron chi connectivity index (χ1n) is 5.22. The van der Waals surface area contributed by atoms with Crippen molar-refractivity contribution in [3.8, 4) is 0 Å². The molecule has 12 heavy (non-hydrogen) atoms. The molecule has 2 heteroatoms. The number of likely N-dealkylation sites (tertiary alicyclic amines) is 1. The van der Waals surface area contributed by atoms with Crippen LogP contribution < -0.4 is 5.32 Å². The molecule has 0 aromatic rings. The SMILES string of the molecule is CC1CCN(C2CNCC2C)C1. The second kappa shape index (κ2) is 3.35. The van der Waals surface area contributed by atoms with E-state index in [4.69, 9.17) is 0 Å². The van der Waals surface area contributed by atoms with Crippen LogP contribution in [0.2, 0.25) is 0 Å². The minimum absolute atomic E-state index is 0.829. The van der Waals surface area contributed by atoms with Gasteiger partial charge in [0.05, 0.1) is 0 Å². The van der Waals surface area contributed by atoms with Crippen molar-refractivity contribution < 1.29 is 0 Å². The summed E-state index contributed by atoms with van der Waals surface area (Å²) in [5.41, 5.74) is 0. The van der Waals surface area contributed by atoms with Crippen molar-refractivity contribution in [2.75, 3.05) is 26.2 Å². The molecule has 2 nitrogen and oxygen atoms in total. The largest absolute Gasteiger partial charge is 0.315 e. The first-order chi connectivity index (χ1) is 5.77. The lowest BCUT2D eigenvalue weighted by molar-refractivity contribution is 0.214. The number of nitrogens with one attached hydrogen (secondary N) is 1. The minimum Gasteiger partial charge on any atom is -0.315 e. The first kappa shape index (κ1) is 8.52. The van der Waals surface area contributed by atoms with Crippen LogP contribution in [0.15, 0.2) is 0 Å². The van der Waals surface area contributed by atoms with Crippen LogP contribution >= 0.6 is 0 Å². The van der Waals surface area contributed by atoms with Crippen LogP contribution in [0.5, 0.6) is 0 Å². The maximum absolute atomic E-state index is 3.47. The van der Waals surface area contributed by atoms with E-state index < -0.39 is 0 Å². The van der Waals surface area contributed by atoms with Gasteiger partial charge in [-0.05, 0) is 31.3 Å².